The number of hydrogen-bond acceptors (Lipinski definition) is 5. The summed E-state index contributed by atoms with van der Waals surface area (Å²) in [6.45, 7) is 2.13. The van der Waals surface area contributed by atoms with Crippen molar-refractivity contribution in [2.75, 3.05) is 17.1 Å². The highest BCUT2D eigenvalue weighted by molar-refractivity contribution is 8.13. The van der Waals surface area contributed by atoms with Gasteiger partial charge in [0, 0.05) is 23.0 Å². The molecular formula is C12H16ClNO5S2. The summed E-state index contributed by atoms with van der Waals surface area (Å²) in [4.78, 5) is -0.0359. The van der Waals surface area contributed by atoms with Crippen molar-refractivity contribution in [3.63, 3.8) is 0 Å². The van der Waals surface area contributed by atoms with Gasteiger partial charge in [-0.05, 0) is 43.5 Å². The van der Waals surface area contributed by atoms with Gasteiger partial charge in [0.1, 0.15) is 0 Å². The van der Waals surface area contributed by atoms with Gasteiger partial charge >= 0.3 is 0 Å². The van der Waals surface area contributed by atoms with Crippen molar-refractivity contribution in [1.29, 1.82) is 0 Å². The number of rotatable bonds is 5. The highest BCUT2D eigenvalue weighted by Gasteiger charge is 2.23. The van der Waals surface area contributed by atoms with Crippen molar-refractivity contribution >= 4 is 35.4 Å². The van der Waals surface area contributed by atoms with E-state index in [1.165, 1.54) is 18.2 Å². The van der Waals surface area contributed by atoms with Gasteiger partial charge in [0.2, 0.25) is 10.0 Å². The molecule has 9 heteroatoms. The maximum Gasteiger partial charge on any atom is 0.261 e. The fourth-order valence-electron chi connectivity index (χ4n) is 2.23. The first-order chi connectivity index (χ1) is 9.67. The van der Waals surface area contributed by atoms with Crippen LogP contribution in [-0.2, 0) is 23.8 Å². The van der Waals surface area contributed by atoms with Crippen LogP contribution < -0.4 is 4.72 Å². The molecule has 6 nitrogen and oxygen atoms in total. The molecule has 1 aliphatic heterocycles. The van der Waals surface area contributed by atoms with Crippen LogP contribution in [0.5, 0.6) is 0 Å². The lowest BCUT2D eigenvalue weighted by atomic mass is 10.2. The molecule has 0 aromatic heterocycles. The number of nitrogens with one attached hydrogen (secondary N) is 1. The van der Waals surface area contributed by atoms with E-state index in [-0.39, 0.29) is 16.8 Å². The fraction of sp³-hybridized carbons (Fsp3) is 0.500. The van der Waals surface area contributed by atoms with Crippen molar-refractivity contribution in [2.24, 2.45) is 0 Å². The summed E-state index contributed by atoms with van der Waals surface area (Å²) >= 11 is 0. The van der Waals surface area contributed by atoms with E-state index in [9.17, 15) is 16.8 Å². The van der Waals surface area contributed by atoms with Gasteiger partial charge in [-0.1, -0.05) is 0 Å². The van der Waals surface area contributed by atoms with Gasteiger partial charge in [-0.15, -0.1) is 0 Å². The predicted octanol–water partition coefficient (Wildman–Crippen LogP) is 1.84. The number of benzene rings is 1. The van der Waals surface area contributed by atoms with Crippen LogP contribution in [0.15, 0.2) is 23.1 Å². The number of hydrogen-bond donors (Lipinski definition) is 1. The first-order valence-electron chi connectivity index (χ1n) is 6.35. The van der Waals surface area contributed by atoms with Crippen molar-refractivity contribution in [2.45, 2.75) is 30.8 Å². The van der Waals surface area contributed by atoms with Crippen LogP contribution in [0.1, 0.15) is 18.4 Å². The first kappa shape index (κ1) is 16.5. The van der Waals surface area contributed by atoms with Gasteiger partial charge in [0.05, 0.1) is 16.8 Å². The van der Waals surface area contributed by atoms with Crippen LogP contribution in [0.4, 0.5) is 5.69 Å². The Morgan fingerprint density at radius 2 is 2.05 bits per heavy atom. The summed E-state index contributed by atoms with van der Waals surface area (Å²) in [6, 6.07) is 4.08. The minimum atomic E-state index is -3.84. The summed E-state index contributed by atoms with van der Waals surface area (Å²) in [6.07, 6.45) is 1.30. The van der Waals surface area contributed by atoms with E-state index < -0.39 is 19.1 Å². The molecule has 0 amide bonds. The molecule has 1 saturated heterocycles. The van der Waals surface area contributed by atoms with Crippen molar-refractivity contribution in [3.8, 4) is 0 Å². The summed E-state index contributed by atoms with van der Waals surface area (Å²) in [5.41, 5.74) is 0.678. The number of ether oxygens (including phenoxy) is 1. The highest BCUT2D eigenvalue weighted by Crippen LogP contribution is 2.24. The number of aryl methyl sites for hydroxylation is 1. The van der Waals surface area contributed by atoms with E-state index in [1.807, 2.05) is 0 Å². The zero-order valence-corrected chi connectivity index (χ0v) is 13.8. The fourth-order valence-corrected chi connectivity index (χ4v) is 4.74. The Kier molecular flexibility index (Phi) is 4.82. The molecule has 1 aliphatic rings. The predicted molar refractivity (Wildman–Crippen MR) is 80.6 cm³/mol. The van der Waals surface area contributed by atoms with Gasteiger partial charge in [-0.25, -0.2) is 16.8 Å². The van der Waals surface area contributed by atoms with Crippen LogP contribution in [0.3, 0.4) is 0 Å². The average Bonchev–Trinajstić information content (AvgIpc) is 2.78. The third-order valence-electron chi connectivity index (χ3n) is 3.14. The van der Waals surface area contributed by atoms with E-state index >= 15 is 0 Å². The molecule has 0 bridgehead atoms. The first-order valence-corrected chi connectivity index (χ1v) is 10.3. The van der Waals surface area contributed by atoms with Crippen LogP contribution in [-0.4, -0.2) is 35.3 Å². The number of halogens is 1. The Morgan fingerprint density at radius 3 is 2.57 bits per heavy atom. The van der Waals surface area contributed by atoms with Gasteiger partial charge in [0.25, 0.3) is 9.05 Å². The molecule has 1 unspecified atom stereocenters. The monoisotopic (exact) mass is 353 g/mol. The molecule has 118 valence electrons. The summed E-state index contributed by atoms with van der Waals surface area (Å²) in [5.74, 6) is -0.110. The second-order valence-corrected chi connectivity index (χ2v) is 9.24. The van der Waals surface area contributed by atoms with Crippen LogP contribution in [0.2, 0.25) is 0 Å². The van der Waals surface area contributed by atoms with Gasteiger partial charge in [0.15, 0.2) is 0 Å². The van der Waals surface area contributed by atoms with Crippen LogP contribution >= 0.6 is 10.7 Å². The van der Waals surface area contributed by atoms with Crippen molar-refractivity contribution in [3.05, 3.63) is 23.8 Å². The zero-order valence-electron chi connectivity index (χ0n) is 11.4. The largest absolute Gasteiger partial charge is 0.377 e. The lowest BCUT2D eigenvalue weighted by Crippen LogP contribution is -2.25. The quantitative estimate of drug-likeness (QED) is 0.816. The molecule has 0 saturated carbocycles. The summed E-state index contributed by atoms with van der Waals surface area (Å²) < 4.78 is 54.3. The molecule has 21 heavy (non-hydrogen) atoms. The third-order valence-corrected chi connectivity index (χ3v) is 5.98. The molecule has 1 N–H and O–H groups in total. The Labute approximate surface area is 128 Å². The van der Waals surface area contributed by atoms with Gasteiger partial charge in [-0.2, -0.15) is 0 Å². The number of sulfonamides is 1. The molecule has 1 aromatic carbocycles. The molecule has 1 aromatic rings. The molecule has 2 rings (SSSR count). The van der Waals surface area contributed by atoms with Gasteiger partial charge in [-0.3, -0.25) is 4.72 Å². The Bertz CT molecular complexity index is 724. The topological polar surface area (TPSA) is 89.5 Å². The average molecular weight is 354 g/mol. The smallest absolute Gasteiger partial charge is 0.261 e. The molecule has 0 aliphatic carbocycles. The molecule has 1 heterocycles. The van der Waals surface area contributed by atoms with E-state index in [4.69, 9.17) is 15.4 Å². The molecule has 1 atom stereocenters. The lowest BCUT2D eigenvalue weighted by Gasteiger charge is -2.13. The highest BCUT2D eigenvalue weighted by atomic mass is 35.7. The second-order valence-electron chi connectivity index (χ2n) is 4.94. The maximum absolute atomic E-state index is 12.0. The van der Waals surface area contributed by atoms with Crippen molar-refractivity contribution in [1.82, 2.24) is 0 Å². The third kappa shape index (κ3) is 4.57. The Morgan fingerprint density at radius 1 is 1.33 bits per heavy atom. The SMILES string of the molecule is Cc1cc(NS(=O)(=O)CC2CCCO2)ccc1S(=O)(=O)Cl. The van der Waals surface area contributed by atoms with Gasteiger partial charge < -0.3 is 4.74 Å². The van der Waals surface area contributed by atoms with E-state index in [2.05, 4.69) is 4.72 Å². The zero-order chi connectivity index (χ0) is 15.7. The lowest BCUT2D eigenvalue weighted by molar-refractivity contribution is 0.127. The molecular weight excluding hydrogens is 338 g/mol. The standard InChI is InChI=1S/C12H16ClNO5S2/c1-9-7-10(4-5-12(9)21(13,17)18)14-20(15,16)8-11-3-2-6-19-11/h4-5,7,11,14H,2-3,6,8H2,1H3. The van der Waals surface area contributed by atoms with E-state index in [0.717, 1.165) is 12.8 Å². The Hall–Kier alpha value is -0.830. The molecule has 0 spiro atoms. The number of anilines is 1. The molecule has 1 fully saturated rings. The normalized spacial score (nSPS) is 19.6. The van der Waals surface area contributed by atoms with E-state index in [0.29, 0.717) is 17.9 Å². The van der Waals surface area contributed by atoms with E-state index in [1.54, 1.807) is 6.92 Å². The second kappa shape index (κ2) is 6.12. The van der Waals surface area contributed by atoms with Crippen molar-refractivity contribution < 1.29 is 21.6 Å². The maximum atomic E-state index is 12.0. The minimum absolute atomic E-state index is 0.0359. The van der Waals surface area contributed by atoms with Crippen LogP contribution in [0, 0.1) is 6.92 Å². The van der Waals surface area contributed by atoms with Crippen LogP contribution in [0.25, 0.3) is 0 Å². The Balaban J connectivity index is 2.14. The molecule has 0 radical (unpaired) electrons. The summed E-state index contributed by atoms with van der Waals surface area (Å²) in [5, 5.41) is 0. The minimum Gasteiger partial charge on any atom is -0.377 e. The summed E-state index contributed by atoms with van der Waals surface area (Å²) in [7, 11) is -2.10.